The lowest BCUT2D eigenvalue weighted by molar-refractivity contribution is 0.171. The van der Waals surface area contributed by atoms with Gasteiger partial charge in [0.2, 0.25) is 0 Å². The second kappa shape index (κ2) is 6.80. The van der Waals surface area contributed by atoms with Crippen LogP contribution in [-0.4, -0.2) is 26.3 Å². The Kier molecular flexibility index (Phi) is 5.07. The average Bonchev–Trinajstić information content (AvgIpc) is 2.44. The zero-order valence-corrected chi connectivity index (χ0v) is 11.6. The van der Waals surface area contributed by atoms with Crippen molar-refractivity contribution < 1.29 is 9.47 Å². The Labute approximate surface area is 118 Å². The van der Waals surface area contributed by atoms with E-state index in [9.17, 15) is 0 Å². The van der Waals surface area contributed by atoms with E-state index in [-0.39, 0.29) is 6.04 Å². The number of hydrogen-bond donors (Lipinski definition) is 2. The molecule has 1 aromatic carbocycles. The summed E-state index contributed by atoms with van der Waals surface area (Å²) in [6.45, 7) is 6.10. The van der Waals surface area contributed by atoms with Crippen molar-refractivity contribution in [1.29, 1.82) is 0 Å². The highest BCUT2D eigenvalue weighted by molar-refractivity contribution is 6.32. The van der Waals surface area contributed by atoms with Crippen molar-refractivity contribution in [1.82, 2.24) is 5.32 Å². The van der Waals surface area contributed by atoms with Gasteiger partial charge in [-0.05, 0) is 30.7 Å². The predicted molar refractivity (Wildman–Crippen MR) is 77.1 cm³/mol. The molecule has 0 spiro atoms. The number of benzene rings is 1. The molecule has 1 heterocycles. The molecule has 0 saturated carbocycles. The fourth-order valence-electron chi connectivity index (χ4n) is 2.03. The lowest BCUT2D eigenvalue weighted by Crippen LogP contribution is -2.29. The first-order valence-corrected chi connectivity index (χ1v) is 6.77. The van der Waals surface area contributed by atoms with Crippen molar-refractivity contribution in [3.8, 4) is 11.5 Å². The summed E-state index contributed by atoms with van der Waals surface area (Å²) in [5, 5.41) is 3.94. The third-order valence-corrected chi connectivity index (χ3v) is 3.28. The topological polar surface area (TPSA) is 56.5 Å². The minimum Gasteiger partial charge on any atom is -0.486 e. The molecule has 104 valence electrons. The summed E-state index contributed by atoms with van der Waals surface area (Å²) in [5.74, 6) is 1.32. The van der Waals surface area contributed by atoms with E-state index in [0.717, 1.165) is 18.5 Å². The van der Waals surface area contributed by atoms with Crippen molar-refractivity contribution in [2.24, 2.45) is 5.73 Å². The smallest absolute Gasteiger partial charge is 0.179 e. The minimum absolute atomic E-state index is 0.0493. The second-order valence-corrected chi connectivity index (χ2v) is 4.75. The van der Waals surface area contributed by atoms with Crippen LogP contribution in [0.4, 0.5) is 0 Å². The quantitative estimate of drug-likeness (QED) is 0.621. The Bertz CT molecular complexity index is 451. The number of ether oxygens (including phenoxy) is 2. The molecular weight excluding hydrogens is 264 g/mol. The summed E-state index contributed by atoms with van der Waals surface area (Å²) >= 11 is 6.22. The van der Waals surface area contributed by atoms with Crippen molar-refractivity contribution in [2.75, 3.05) is 26.3 Å². The number of nitrogens with one attached hydrogen (secondary N) is 1. The largest absolute Gasteiger partial charge is 0.486 e. The van der Waals surface area contributed by atoms with Crippen LogP contribution >= 0.6 is 11.6 Å². The van der Waals surface area contributed by atoms with Gasteiger partial charge in [-0.2, -0.15) is 0 Å². The minimum atomic E-state index is 0.0493. The van der Waals surface area contributed by atoms with Gasteiger partial charge in [0.15, 0.2) is 11.5 Å². The maximum atomic E-state index is 6.22. The van der Waals surface area contributed by atoms with E-state index in [2.05, 4.69) is 11.9 Å². The molecule has 1 aromatic rings. The van der Waals surface area contributed by atoms with Gasteiger partial charge in [0.1, 0.15) is 13.2 Å². The van der Waals surface area contributed by atoms with Crippen LogP contribution in [0.15, 0.2) is 24.8 Å². The first-order chi connectivity index (χ1) is 9.26. The van der Waals surface area contributed by atoms with Crippen LogP contribution in [0.5, 0.6) is 11.5 Å². The fourth-order valence-corrected chi connectivity index (χ4v) is 2.30. The molecule has 0 amide bonds. The van der Waals surface area contributed by atoms with Crippen LogP contribution in [0.25, 0.3) is 0 Å². The number of halogens is 1. The molecule has 3 N–H and O–H groups in total. The average molecular weight is 283 g/mol. The van der Waals surface area contributed by atoms with Crippen LogP contribution in [0, 0.1) is 0 Å². The van der Waals surface area contributed by atoms with Gasteiger partial charge in [-0.15, -0.1) is 6.58 Å². The van der Waals surface area contributed by atoms with Gasteiger partial charge in [-0.1, -0.05) is 17.7 Å². The molecule has 1 aliphatic heterocycles. The lowest BCUT2D eigenvalue weighted by atomic mass is 10.1. The molecule has 5 heteroatoms. The van der Waals surface area contributed by atoms with E-state index >= 15 is 0 Å². The van der Waals surface area contributed by atoms with E-state index < -0.39 is 0 Å². The van der Waals surface area contributed by atoms with Crippen LogP contribution in [0.2, 0.25) is 5.02 Å². The van der Waals surface area contributed by atoms with E-state index in [0.29, 0.717) is 36.3 Å². The van der Waals surface area contributed by atoms with E-state index in [4.69, 9.17) is 26.8 Å². The fraction of sp³-hybridized carbons (Fsp3) is 0.429. The molecule has 0 saturated heterocycles. The maximum Gasteiger partial charge on any atom is 0.179 e. The Morgan fingerprint density at radius 2 is 2.21 bits per heavy atom. The van der Waals surface area contributed by atoms with Gasteiger partial charge < -0.3 is 20.5 Å². The Morgan fingerprint density at radius 1 is 1.42 bits per heavy atom. The molecule has 0 aromatic heterocycles. The van der Waals surface area contributed by atoms with Crippen LogP contribution in [-0.2, 0) is 0 Å². The monoisotopic (exact) mass is 282 g/mol. The molecule has 0 fully saturated rings. The molecule has 1 atom stereocenters. The molecule has 4 nitrogen and oxygen atoms in total. The highest BCUT2D eigenvalue weighted by Gasteiger charge is 2.19. The summed E-state index contributed by atoms with van der Waals surface area (Å²) in [4.78, 5) is 0. The number of hydrogen-bond acceptors (Lipinski definition) is 4. The van der Waals surface area contributed by atoms with Crippen LogP contribution in [0.1, 0.15) is 18.0 Å². The molecule has 1 unspecified atom stereocenters. The maximum absolute atomic E-state index is 6.22. The molecule has 1 aliphatic rings. The summed E-state index contributed by atoms with van der Waals surface area (Å²) in [5.41, 5.74) is 6.82. The van der Waals surface area contributed by atoms with Crippen molar-refractivity contribution in [3.63, 3.8) is 0 Å². The molecule has 0 bridgehead atoms. The molecule has 2 rings (SSSR count). The predicted octanol–water partition coefficient (Wildman–Crippen LogP) is 2.28. The van der Waals surface area contributed by atoms with Crippen molar-refractivity contribution in [2.45, 2.75) is 12.5 Å². The van der Waals surface area contributed by atoms with Gasteiger partial charge in [0, 0.05) is 12.6 Å². The van der Waals surface area contributed by atoms with Crippen molar-refractivity contribution >= 4 is 11.6 Å². The molecule has 0 aliphatic carbocycles. The lowest BCUT2D eigenvalue weighted by Gasteiger charge is -2.23. The summed E-state index contributed by atoms with van der Waals surface area (Å²) in [6, 6.07) is 3.88. The van der Waals surface area contributed by atoms with Crippen LogP contribution in [0.3, 0.4) is 0 Å². The van der Waals surface area contributed by atoms with E-state index in [1.807, 2.05) is 18.2 Å². The van der Waals surface area contributed by atoms with Gasteiger partial charge >= 0.3 is 0 Å². The Morgan fingerprint density at radius 3 is 2.95 bits per heavy atom. The summed E-state index contributed by atoms with van der Waals surface area (Å²) < 4.78 is 11.1. The Balaban J connectivity index is 2.18. The third-order valence-electron chi connectivity index (χ3n) is 3.00. The normalized spacial score (nSPS) is 15.1. The second-order valence-electron chi connectivity index (χ2n) is 4.35. The highest BCUT2D eigenvalue weighted by Crippen LogP contribution is 2.39. The molecular formula is C14H19ClN2O2. The Hall–Kier alpha value is -1.23. The standard InChI is InChI=1S/C14H19ClN2O2/c1-2-3-4-17-12(9-16)10-7-11(15)14-13(8-10)18-5-6-19-14/h2,7-8,12,17H,1,3-6,9,16H2. The van der Waals surface area contributed by atoms with Gasteiger partial charge in [0.25, 0.3) is 0 Å². The zero-order chi connectivity index (χ0) is 13.7. The number of nitrogens with two attached hydrogens (primary N) is 1. The van der Waals surface area contributed by atoms with E-state index in [1.165, 1.54) is 0 Å². The van der Waals surface area contributed by atoms with Crippen LogP contribution < -0.4 is 20.5 Å². The third kappa shape index (κ3) is 3.41. The molecule has 0 radical (unpaired) electrons. The van der Waals surface area contributed by atoms with Gasteiger partial charge in [0.05, 0.1) is 5.02 Å². The summed E-state index contributed by atoms with van der Waals surface area (Å²) in [7, 11) is 0. The first-order valence-electron chi connectivity index (χ1n) is 6.39. The molecule has 19 heavy (non-hydrogen) atoms. The van der Waals surface area contributed by atoms with Gasteiger partial charge in [-0.25, -0.2) is 0 Å². The highest BCUT2D eigenvalue weighted by atomic mass is 35.5. The van der Waals surface area contributed by atoms with Crippen molar-refractivity contribution in [3.05, 3.63) is 35.4 Å². The first kappa shape index (κ1) is 14.2. The number of fused-ring (bicyclic) bond motifs is 1. The summed E-state index contributed by atoms with van der Waals surface area (Å²) in [6.07, 6.45) is 2.77. The number of rotatable bonds is 6. The zero-order valence-electron chi connectivity index (χ0n) is 10.8. The van der Waals surface area contributed by atoms with Gasteiger partial charge in [-0.3, -0.25) is 0 Å². The van der Waals surface area contributed by atoms with E-state index in [1.54, 1.807) is 0 Å². The SMILES string of the molecule is C=CCCNC(CN)c1cc(Cl)c2c(c1)OCCO2.